The van der Waals surface area contributed by atoms with Crippen LogP contribution < -0.4 is 10.1 Å². The van der Waals surface area contributed by atoms with Crippen LogP contribution in [0, 0.1) is 0 Å². The van der Waals surface area contributed by atoms with Crippen LogP contribution in [-0.2, 0) is 23.3 Å². The average molecular weight is 623 g/mol. The van der Waals surface area contributed by atoms with Gasteiger partial charge in [-0.05, 0) is 66.2 Å². The zero-order valence-electron chi connectivity index (χ0n) is 21.4. The van der Waals surface area contributed by atoms with Crippen LogP contribution in [0.25, 0.3) is 0 Å². The van der Waals surface area contributed by atoms with Crippen molar-refractivity contribution in [3.63, 3.8) is 0 Å². The van der Waals surface area contributed by atoms with Crippen LogP contribution in [0.15, 0.2) is 54.6 Å². The number of anilines is 1. The Hall–Kier alpha value is -4.38. The fourth-order valence-electron chi connectivity index (χ4n) is 5.86. The maximum absolute atomic E-state index is 13.4. The van der Waals surface area contributed by atoms with Gasteiger partial charge in [0.1, 0.15) is 23.0 Å². The van der Waals surface area contributed by atoms with E-state index in [-0.39, 0.29) is 28.1 Å². The maximum atomic E-state index is 13.4. The normalized spacial score (nSPS) is 15.7. The number of phenols is 4. The molecule has 12 heteroatoms. The van der Waals surface area contributed by atoms with Gasteiger partial charge >= 0.3 is 5.97 Å². The first kappa shape index (κ1) is 26.5. The second-order valence-electron chi connectivity index (χ2n) is 10.2. The zero-order valence-corrected chi connectivity index (χ0v) is 23.8. The summed E-state index contributed by atoms with van der Waals surface area (Å²) in [5, 5.41) is 44.0. The largest absolute Gasteiger partial charge is 0.508 e. The lowest BCUT2D eigenvalue weighted by atomic mass is 9.77. The molecule has 0 radical (unpaired) electrons. The minimum absolute atomic E-state index is 0.0173. The fourth-order valence-corrected chi connectivity index (χ4v) is 6.70. The number of nitrogens with zero attached hydrogens (tertiary/aromatic N) is 1. The zero-order chi connectivity index (χ0) is 29.5. The van der Waals surface area contributed by atoms with Gasteiger partial charge in [-0.3, -0.25) is 0 Å². The number of carbonyl (C=O) groups excluding carboxylic acids is 1. The van der Waals surface area contributed by atoms with Crippen molar-refractivity contribution in [1.82, 2.24) is 4.90 Å². The Morgan fingerprint density at radius 2 is 1.45 bits per heavy atom. The molecule has 0 aliphatic carbocycles. The first-order valence-electron chi connectivity index (χ1n) is 12.8. The number of carbonyl (C=O) groups is 1. The quantitative estimate of drug-likeness (QED) is 0.0958. The second kappa shape index (κ2) is 9.32. The molecule has 0 fully saturated rings. The van der Waals surface area contributed by atoms with Crippen molar-refractivity contribution in [2.24, 2.45) is 0 Å². The van der Waals surface area contributed by atoms with Crippen LogP contribution in [0.4, 0.5) is 5.69 Å². The molecule has 0 saturated carbocycles. The monoisotopic (exact) mass is 622 g/mol. The molecule has 3 aliphatic heterocycles. The second-order valence-corrected chi connectivity index (χ2v) is 11.3. The van der Waals surface area contributed by atoms with Gasteiger partial charge in [0.25, 0.3) is 0 Å². The molecule has 42 heavy (non-hydrogen) atoms. The van der Waals surface area contributed by atoms with Crippen LogP contribution in [0.3, 0.4) is 0 Å². The number of rotatable bonds is 1. The summed E-state index contributed by atoms with van der Waals surface area (Å²) < 4.78 is 12.1. The third-order valence-corrected chi connectivity index (χ3v) is 9.00. The fraction of sp³-hybridized carbons (Fsp3) is 0.133. The van der Waals surface area contributed by atoms with Crippen molar-refractivity contribution < 1.29 is 34.7 Å². The van der Waals surface area contributed by atoms with E-state index in [1.807, 2.05) is 4.90 Å². The predicted molar refractivity (Wildman–Crippen MR) is 158 cm³/mol. The first-order valence-corrected chi connectivity index (χ1v) is 13.9. The van der Waals surface area contributed by atoms with Crippen molar-refractivity contribution in [2.75, 3.05) is 11.9 Å². The van der Waals surface area contributed by atoms with Crippen LogP contribution in [-0.4, -0.2) is 43.0 Å². The summed E-state index contributed by atoms with van der Waals surface area (Å²) in [7, 11) is 0. The summed E-state index contributed by atoms with van der Waals surface area (Å²) in [6.45, 7) is 0.722. The first-order chi connectivity index (χ1) is 20.1. The van der Waals surface area contributed by atoms with Crippen molar-refractivity contribution in [3.05, 3.63) is 98.0 Å². The molecular formula is C30H20Cl2N2O7S. The van der Waals surface area contributed by atoms with Gasteiger partial charge in [-0.1, -0.05) is 29.3 Å². The topological polar surface area (TPSA) is 132 Å². The third kappa shape index (κ3) is 3.76. The molecule has 0 bridgehead atoms. The van der Waals surface area contributed by atoms with E-state index in [9.17, 15) is 25.2 Å². The summed E-state index contributed by atoms with van der Waals surface area (Å²) in [6.07, 6.45) is 0.439. The van der Waals surface area contributed by atoms with E-state index in [2.05, 4.69) is 5.32 Å². The van der Waals surface area contributed by atoms with Gasteiger partial charge in [0, 0.05) is 47.6 Å². The number of nitrogens with one attached hydrogen (secondary N) is 1. The molecular weight excluding hydrogens is 603 g/mol. The van der Waals surface area contributed by atoms with Crippen molar-refractivity contribution >= 4 is 52.2 Å². The lowest BCUT2D eigenvalue weighted by molar-refractivity contribution is 0.0224. The van der Waals surface area contributed by atoms with Crippen molar-refractivity contribution in [3.8, 4) is 34.5 Å². The van der Waals surface area contributed by atoms with Gasteiger partial charge < -0.3 is 40.1 Å². The van der Waals surface area contributed by atoms with E-state index in [1.165, 1.54) is 24.3 Å². The molecule has 5 N–H and O–H groups in total. The van der Waals surface area contributed by atoms with Gasteiger partial charge in [0.2, 0.25) is 0 Å². The molecule has 0 aromatic heterocycles. The Morgan fingerprint density at radius 3 is 2.10 bits per heavy atom. The highest BCUT2D eigenvalue weighted by Gasteiger charge is 2.53. The molecule has 1 spiro atoms. The lowest BCUT2D eigenvalue weighted by Gasteiger charge is -2.36. The molecule has 4 aromatic carbocycles. The molecule has 7 rings (SSSR count). The van der Waals surface area contributed by atoms with Crippen molar-refractivity contribution in [2.45, 2.75) is 18.6 Å². The number of hydrogen-bond acceptors (Lipinski definition) is 8. The molecule has 0 amide bonds. The van der Waals surface area contributed by atoms with Crippen LogP contribution in [0.1, 0.15) is 38.2 Å². The smallest absolute Gasteiger partial charge is 0.340 e. The highest BCUT2D eigenvalue weighted by molar-refractivity contribution is 7.80. The molecule has 3 heterocycles. The summed E-state index contributed by atoms with van der Waals surface area (Å²) >= 11 is 18.2. The number of aromatic hydroxyl groups is 4. The van der Waals surface area contributed by atoms with Gasteiger partial charge in [-0.25, -0.2) is 4.79 Å². The highest BCUT2D eigenvalue weighted by Crippen LogP contribution is 2.57. The number of hydrogen-bond donors (Lipinski definition) is 5. The van der Waals surface area contributed by atoms with Crippen LogP contribution >= 0.6 is 35.4 Å². The third-order valence-electron chi connectivity index (χ3n) is 7.83. The Bertz CT molecular complexity index is 1830. The standard InChI is InChI=1S/C30H20Cl2N2O7S/c31-24-16-7-8-34(12-18(16)25(32)27(38)26(24)37)29(42)33-13-1-4-19-17(9-13)28(39)41-30(19)20-5-2-14(35)10-22(20)40-23-11-15(36)3-6-21(23)30/h1-6,9-11,35-38H,7-8,12H2,(H,33,42). The average Bonchev–Trinajstić information content (AvgIpc) is 3.26. The summed E-state index contributed by atoms with van der Waals surface area (Å²) in [5.74, 6) is -0.957. The molecule has 0 atom stereocenters. The van der Waals surface area contributed by atoms with Crippen molar-refractivity contribution in [1.29, 1.82) is 0 Å². The number of thiocarbonyl (C=S) groups is 1. The predicted octanol–water partition coefficient (Wildman–Crippen LogP) is 6.14. The number of halogens is 2. The Kier molecular flexibility index (Phi) is 5.88. The minimum atomic E-state index is -1.37. The summed E-state index contributed by atoms with van der Waals surface area (Å²) in [4.78, 5) is 15.2. The number of fused-ring (bicyclic) bond motifs is 7. The number of esters is 1. The van der Waals surface area contributed by atoms with E-state index in [4.69, 9.17) is 44.9 Å². The Morgan fingerprint density at radius 1 is 0.857 bits per heavy atom. The van der Waals surface area contributed by atoms with Gasteiger partial charge in [-0.15, -0.1) is 0 Å². The molecule has 212 valence electrons. The van der Waals surface area contributed by atoms with E-state index in [0.29, 0.717) is 68.6 Å². The number of benzene rings is 4. The lowest BCUT2D eigenvalue weighted by Crippen LogP contribution is -2.39. The van der Waals surface area contributed by atoms with E-state index in [0.717, 1.165) is 0 Å². The van der Waals surface area contributed by atoms with E-state index < -0.39 is 23.1 Å². The van der Waals surface area contributed by atoms with E-state index >= 15 is 0 Å². The molecule has 3 aliphatic rings. The Balaban J connectivity index is 1.23. The van der Waals surface area contributed by atoms with Gasteiger partial charge in [0.05, 0.1) is 15.6 Å². The molecule has 0 unspecified atom stereocenters. The molecule has 4 aromatic rings. The number of phenolic OH excluding ortho intramolecular Hbond substituents is 4. The van der Waals surface area contributed by atoms with Gasteiger partial charge in [0.15, 0.2) is 22.2 Å². The Labute approximate surface area is 254 Å². The summed E-state index contributed by atoms with van der Waals surface area (Å²) in [5.41, 5.74) is 2.32. The van der Waals surface area contributed by atoms with Crippen LogP contribution in [0.5, 0.6) is 34.5 Å². The number of ether oxygens (including phenoxy) is 2. The van der Waals surface area contributed by atoms with Crippen LogP contribution in [0.2, 0.25) is 10.0 Å². The van der Waals surface area contributed by atoms with Gasteiger partial charge in [-0.2, -0.15) is 0 Å². The highest BCUT2D eigenvalue weighted by atomic mass is 35.5. The maximum Gasteiger partial charge on any atom is 0.340 e. The minimum Gasteiger partial charge on any atom is -0.508 e. The van der Waals surface area contributed by atoms with E-state index in [1.54, 1.807) is 30.3 Å². The molecule has 9 nitrogen and oxygen atoms in total. The SMILES string of the molecule is O=C1OC2(c3ccc(O)cc3Oc3cc(O)ccc32)c2ccc(NC(=S)N3CCc4c(Cl)c(O)c(O)c(Cl)c4C3)cc21. The molecule has 0 saturated heterocycles. The summed E-state index contributed by atoms with van der Waals surface area (Å²) in [6, 6.07) is 14.3.